The molecule has 0 saturated heterocycles. The van der Waals surface area contributed by atoms with E-state index < -0.39 is 5.91 Å². The number of hydrogen-bond donors (Lipinski definition) is 2. The minimum Gasteiger partial charge on any atom is -0.372 e. The molecule has 1 amide bonds. The van der Waals surface area contributed by atoms with E-state index in [4.69, 9.17) is 10.5 Å². The van der Waals surface area contributed by atoms with Gasteiger partial charge < -0.3 is 15.8 Å². The third-order valence-electron chi connectivity index (χ3n) is 1.39. The Morgan fingerprint density at radius 3 is 2.83 bits per heavy atom. The van der Waals surface area contributed by atoms with Crippen LogP contribution in [-0.4, -0.2) is 32.2 Å². The Bertz CT molecular complexity index is 118. The number of primary amides is 1. The first-order valence-electron chi connectivity index (χ1n) is 4.34. The Labute approximate surface area is 73.5 Å². The number of hydrogen-bond acceptors (Lipinski definition) is 3. The second-order valence-corrected chi connectivity index (χ2v) is 2.58. The fraction of sp³-hybridized carbons (Fsp3) is 0.875. The van der Waals surface area contributed by atoms with Crippen molar-refractivity contribution in [2.45, 2.75) is 19.8 Å². The third-order valence-corrected chi connectivity index (χ3v) is 1.39. The van der Waals surface area contributed by atoms with Crippen LogP contribution < -0.4 is 11.1 Å². The van der Waals surface area contributed by atoms with Crippen LogP contribution in [0.3, 0.4) is 0 Å². The summed E-state index contributed by atoms with van der Waals surface area (Å²) >= 11 is 0. The van der Waals surface area contributed by atoms with Gasteiger partial charge >= 0.3 is 0 Å². The van der Waals surface area contributed by atoms with Crippen LogP contribution in [0, 0.1) is 0 Å². The summed E-state index contributed by atoms with van der Waals surface area (Å²) in [5.74, 6) is -0.401. The molecular formula is C8H18N2O2. The van der Waals surface area contributed by atoms with Gasteiger partial charge in [-0.1, -0.05) is 6.92 Å². The topological polar surface area (TPSA) is 64.3 Å². The molecule has 0 aliphatic carbocycles. The van der Waals surface area contributed by atoms with E-state index in [-0.39, 0.29) is 6.61 Å². The molecule has 0 aliphatic heterocycles. The maximum Gasteiger partial charge on any atom is 0.243 e. The second-order valence-electron chi connectivity index (χ2n) is 2.58. The highest BCUT2D eigenvalue weighted by Crippen LogP contribution is 1.87. The molecule has 0 fully saturated rings. The van der Waals surface area contributed by atoms with E-state index in [9.17, 15) is 4.79 Å². The van der Waals surface area contributed by atoms with E-state index in [1.807, 2.05) is 0 Å². The Kier molecular flexibility index (Phi) is 8.05. The normalized spacial score (nSPS) is 10.1. The number of ether oxygens (including phenoxy) is 1. The second kappa shape index (κ2) is 8.49. The summed E-state index contributed by atoms with van der Waals surface area (Å²) in [5, 5.41) is 3.20. The standard InChI is InChI=1S/C8H18N2O2/c1-2-10-5-3-4-6-12-7-8(9)11/h10H,2-7H2,1H3,(H2,9,11). The van der Waals surface area contributed by atoms with Gasteiger partial charge in [0.2, 0.25) is 5.91 Å². The van der Waals surface area contributed by atoms with Crippen LogP contribution in [0.25, 0.3) is 0 Å². The molecule has 4 heteroatoms. The highest BCUT2D eigenvalue weighted by molar-refractivity contribution is 5.74. The zero-order chi connectivity index (χ0) is 9.23. The molecule has 0 aromatic heterocycles. The van der Waals surface area contributed by atoms with Crippen LogP contribution in [0.15, 0.2) is 0 Å². The molecule has 0 atom stereocenters. The van der Waals surface area contributed by atoms with Gasteiger partial charge in [0.05, 0.1) is 0 Å². The van der Waals surface area contributed by atoms with Crippen molar-refractivity contribution in [3.05, 3.63) is 0 Å². The van der Waals surface area contributed by atoms with Crippen molar-refractivity contribution in [2.24, 2.45) is 5.73 Å². The molecule has 0 rings (SSSR count). The first-order valence-corrected chi connectivity index (χ1v) is 4.34. The van der Waals surface area contributed by atoms with Crippen LogP contribution in [0.5, 0.6) is 0 Å². The zero-order valence-electron chi connectivity index (χ0n) is 7.64. The molecule has 0 aromatic rings. The van der Waals surface area contributed by atoms with Crippen LogP contribution in [0.2, 0.25) is 0 Å². The fourth-order valence-corrected chi connectivity index (χ4v) is 0.804. The smallest absolute Gasteiger partial charge is 0.243 e. The Balaban J connectivity index is 2.86. The van der Waals surface area contributed by atoms with Gasteiger partial charge in [-0.3, -0.25) is 4.79 Å². The van der Waals surface area contributed by atoms with Gasteiger partial charge in [-0.2, -0.15) is 0 Å². The van der Waals surface area contributed by atoms with Gasteiger partial charge in [0, 0.05) is 6.61 Å². The van der Waals surface area contributed by atoms with Crippen molar-refractivity contribution in [2.75, 3.05) is 26.3 Å². The van der Waals surface area contributed by atoms with Gasteiger partial charge in [-0.25, -0.2) is 0 Å². The number of nitrogens with one attached hydrogen (secondary N) is 1. The van der Waals surface area contributed by atoms with Crippen LogP contribution in [-0.2, 0) is 9.53 Å². The lowest BCUT2D eigenvalue weighted by Crippen LogP contribution is -2.19. The Hall–Kier alpha value is -0.610. The number of amides is 1. The quantitative estimate of drug-likeness (QED) is 0.504. The Morgan fingerprint density at radius 1 is 1.50 bits per heavy atom. The summed E-state index contributed by atoms with van der Waals surface area (Å²) in [7, 11) is 0. The number of nitrogens with two attached hydrogens (primary N) is 1. The molecule has 0 aromatic carbocycles. The van der Waals surface area contributed by atoms with E-state index in [1.54, 1.807) is 0 Å². The number of unbranched alkanes of at least 4 members (excludes halogenated alkanes) is 1. The van der Waals surface area contributed by atoms with Crippen molar-refractivity contribution < 1.29 is 9.53 Å². The summed E-state index contributed by atoms with van der Waals surface area (Å²) in [6, 6.07) is 0. The lowest BCUT2D eigenvalue weighted by Gasteiger charge is -2.02. The fourth-order valence-electron chi connectivity index (χ4n) is 0.804. The summed E-state index contributed by atoms with van der Waals surface area (Å²) in [5.41, 5.74) is 4.88. The molecule has 3 N–H and O–H groups in total. The van der Waals surface area contributed by atoms with E-state index in [2.05, 4.69) is 12.2 Å². The van der Waals surface area contributed by atoms with E-state index in [1.165, 1.54) is 0 Å². The maximum atomic E-state index is 10.2. The molecule has 0 spiro atoms. The van der Waals surface area contributed by atoms with Gasteiger partial charge in [-0.15, -0.1) is 0 Å². The van der Waals surface area contributed by atoms with Crippen LogP contribution in [0.4, 0.5) is 0 Å². The SMILES string of the molecule is CCNCCCCOCC(N)=O. The molecule has 72 valence electrons. The highest BCUT2D eigenvalue weighted by atomic mass is 16.5. The predicted octanol–water partition coefficient (Wildman–Crippen LogP) is -0.122. The van der Waals surface area contributed by atoms with Crippen molar-refractivity contribution >= 4 is 5.91 Å². The molecule has 0 unspecified atom stereocenters. The van der Waals surface area contributed by atoms with Crippen molar-refractivity contribution in [3.8, 4) is 0 Å². The molecule has 0 radical (unpaired) electrons. The van der Waals surface area contributed by atoms with Gasteiger partial charge in [0.1, 0.15) is 6.61 Å². The summed E-state index contributed by atoms with van der Waals surface area (Å²) < 4.78 is 4.97. The zero-order valence-corrected chi connectivity index (χ0v) is 7.64. The molecular weight excluding hydrogens is 156 g/mol. The summed E-state index contributed by atoms with van der Waals surface area (Å²) in [6.07, 6.45) is 2.05. The Morgan fingerprint density at radius 2 is 2.25 bits per heavy atom. The van der Waals surface area contributed by atoms with E-state index >= 15 is 0 Å². The average Bonchev–Trinajstić information content (AvgIpc) is 2.02. The number of rotatable bonds is 8. The van der Waals surface area contributed by atoms with Crippen molar-refractivity contribution in [1.29, 1.82) is 0 Å². The first kappa shape index (κ1) is 11.4. The van der Waals surface area contributed by atoms with Gasteiger partial charge in [-0.05, 0) is 25.9 Å². The van der Waals surface area contributed by atoms with Crippen molar-refractivity contribution in [1.82, 2.24) is 5.32 Å². The van der Waals surface area contributed by atoms with Gasteiger partial charge in [0.25, 0.3) is 0 Å². The molecule has 0 heterocycles. The lowest BCUT2D eigenvalue weighted by molar-refractivity contribution is -0.122. The average molecular weight is 174 g/mol. The molecule has 12 heavy (non-hydrogen) atoms. The van der Waals surface area contributed by atoms with E-state index in [0.717, 1.165) is 25.9 Å². The van der Waals surface area contributed by atoms with Gasteiger partial charge in [0.15, 0.2) is 0 Å². The molecule has 4 nitrogen and oxygen atoms in total. The third kappa shape index (κ3) is 9.39. The maximum absolute atomic E-state index is 10.2. The molecule has 0 saturated carbocycles. The summed E-state index contributed by atoms with van der Waals surface area (Å²) in [4.78, 5) is 10.2. The first-order chi connectivity index (χ1) is 5.77. The number of carbonyl (C=O) groups is 1. The summed E-state index contributed by atoms with van der Waals surface area (Å²) in [6.45, 7) is 4.75. The van der Waals surface area contributed by atoms with E-state index in [0.29, 0.717) is 6.61 Å². The van der Waals surface area contributed by atoms with Crippen LogP contribution >= 0.6 is 0 Å². The largest absolute Gasteiger partial charge is 0.372 e. The van der Waals surface area contributed by atoms with Crippen LogP contribution in [0.1, 0.15) is 19.8 Å². The highest BCUT2D eigenvalue weighted by Gasteiger charge is 1.93. The predicted molar refractivity (Wildman–Crippen MR) is 47.8 cm³/mol. The van der Waals surface area contributed by atoms with Crippen molar-refractivity contribution in [3.63, 3.8) is 0 Å². The lowest BCUT2D eigenvalue weighted by atomic mass is 10.3. The minimum absolute atomic E-state index is 0.0429. The number of carbonyl (C=O) groups excluding carboxylic acids is 1. The molecule has 0 aliphatic rings. The minimum atomic E-state index is -0.401. The molecule has 0 bridgehead atoms. The monoisotopic (exact) mass is 174 g/mol.